The van der Waals surface area contributed by atoms with Crippen LogP contribution in [0.2, 0.25) is 5.15 Å². The molecule has 106 valence electrons. The van der Waals surface area contributed by atoms with Crippen LogP contribution in [0, 0.1) is 5.41 Å². The number of aromatic amines is 1. The van der Waals surface area contributed by atoms with Gasteiger partial charge in [0.15, 0.2) is 5.82 Å². The lowest BCUT2D eigenvalue weighted by atomic mass is 9.86. The van der Waals surface area contributed by atoms with Crippen molar-refractivity contribution < 1.29 is 0 Å². The van der Waals surface area contributed by atoms with Crippen molar-refractivity contribution in [3.05, 3.63) is 17.4 Å². The minimum absolute atomic E-state index is 0.458. The summed E-state index contributed by atoms with van der Waals surface area (Å²) in [7, 11) is 2.22. The molecular formula is C14H18ClN5. The topological polar surface area (TPSA) is 48.0 Å². The fourth-order valence-corrected chi connectivity index (χ4v) is 3.88. The first-order chi connectivity index (χ1) is 9.65. The Morgan fingerprint density at radius 1 is 1.30 bits per heavy atom. The second-order valence-corrected chi connectivity index (χ2v) is 6.65. The quantitative estimate of drug-likeness (QED) is 0.818. The predicted octanol–water partition coefficient (Wildman–Crippen LogP) is 2.14. The van der Waals surface area contributed by atoms with E-state index in [0.29, 0.717) is 10.6 Å². The minimum Gasteiger partial charge on any atom is -0.354 e. The fraction of sp³-hybridized carbons (Fsp3) is 0.571. The van der Waals surface area contributed by atoms with Gasteiger partial charge in [-0.1, -0.05) is 11.6 Å². The third-order valence-electron chi connectivity index (χ3n) is 4.76. The molecule has 0 aromatic carbocycles. The van der Waals surface area contributed by atoms with Gasteiger partial charge in [-0.3, -0.25) is 5.10 Å². The average molecular weight is 292 g/mol. The van der Waals surface area contributed by atoms with Gasteiger partial charge in [-0.2, -0.15) is 5.10 Å². The number of pyridine rings is 1. The molecule has 2 aliphatic rings. The maximum absolute atomic E-state index is 5.92. The first-order valence-electron chi connectivity index (χ1n) is 7.08. The molecule has 2 fully saturated rings. The lowest BCUT2D eigenvalue weighted by molar-refractivity contribution is 0.312. The average Bonchev–Trinajstić information content (AvgIpc) is 3.09. The summed E-state index contributed by atoms with van der Waals surface area (Å²) in [4.78, 5) is 9.02. The van der Waals surface area contributed by atoms with E-state index in [4.69, 9.17) is 11.6 Å². The summed E-state index contributed by atoms with van der Waals surface area (Å²) < 4.78 is 0. The number of halogens is 1. The molecule has 0 aliphatic carbocycles. The molecule has 2 aromatic rings. The summed E-state index contributed by atoms with van der Waals surface area (Å²) in [5.74, 6) is 1.02. The molecule has 1 unspecified atom stereocenters. The number of rotatable bonds is 1. The fourth-order valence-electron chi connectivity index (χ4n) is 3.72. The summed E-state index contributed by atoms with van der Waals surface area (Å²) in [5, 5.41) is 9.12. The number of H-pyrrole nitrogens is 1. The standard InChI is InChI=1S/C14H18ClN5/c1-19-4-2-14(8-19)3-5-20(9-14)13-10-7-16-12(15)6-11(10)17-18-13/h6-7H,2-5,8-9H2,1H3,(H,17,18). The Hall–Kier alpha value is -1.33. The van der Waals surface area contributed by atoms with Crippen LogP contribution in [0.3, 0.4) is 0 Å². The molecule has 1 N–H and O–H groups in total. The lowest BCUT2D eigenvalue weighted by Gasteiger charge is -2.23. The molecule has 1 atom stereocenters. The van der Waals surface area contributed by atoms with E-state index in [9.17, 15) is 0 Å². The Balaban J connectivity index is 1.64. The molecule has 0 saturated carbocycles. The third kappa shape index (κ3) is 1.88. The summed E-state index contributed by atoms with van der Waals surface area (Å²) in [6, 6.07) is 1.84. The maximum atomic E-state index is 5.92. The van der Waals surface area contributed by atoms with E-state index in [1.54, 1.807) is 0 Å². The van der Waals surface area contributed by atoms with Gasteiger partial charge in [0.25, 0.3) is 0 Å². The highest BCUT2D eigenvalue weighted by Crippen LogP contribution is 2.41. The normalized spacial score (nSPS) is 27.2. The Labute approximate surface area is 122 Å². The zero-order chi connectivity index (χ0) is 13.7. The Morgan fingerprint density at radius 2 is 2.15 bits per heavy atom. The van der Waals surface area contributed by atoms with Gasteiger partial charge in [0.1, 0.15) is 5.15 Å². The van der Waals surface area contributed by atoms with Crippen molar-refractivity contribution in [3.63, 3.8) is 0 Å². The first kappa shape index (κ1) is 12.4. The Bertz CT molecular complexity index is 654. The summed E-state index contributed by atoms with van der Waals surface area (Å²) in [6.07, 6.45) is 4.38. The van der Waals surface area contributed by atoms with Crippen LogP contribution in [0.25, 0.3) is 10.9 Å². The molecule has 4 heterocycles. The number of anilines is 1. The van der Waals surface area contributed by atoms with Gasteiger partial charge in [-0.15, -0.1) is 0 Å². The van der Waals surface area contributed by atoms with Crippen LogP contribution < -0.4 is 4.90 Å². The Kier molecular flexibility index (Phi) is 2.69. The van der Waals surface area contributed by atoms with Crippen LogP contribution >= 0.6 is 11.6 Å². The van der Waals surface area contributed by atoms with Crippen molar-refractivity contribution >= 4 is 28.3 Å². The molecule has 6 heteroatoms. The van der Waals surface area contributed by atoms with E-state index >= 15 is 0 Å². The zero-order valence-electron chi connectivity index (χ0n) is 11.6. The van der Waals surface area contributed by atoms with Gasteiger partial charge in [0.05, 0.1) is 10.9 Å². The van der Waals surface area contributed by atoms with Crippen LogP contribution in [-0.2, 0) is 0 Å². The number of hydrogen-bond acceptors (Lipinski definition) is 4. The van der Waals surface area contributed by atoms with Crippen LogP contribution in [0.5, 0.6) is 0 Å². The smallest absolute Gasteiger partial charge is 0.159 e. The molecule has 2 aliphatic heterocycles. The van der Waals surface area contributed by atoms with Crippen molar-refractivity contribution in [1.82, 2.24) is 20.1 Å². The predicted molar refractivity (Wildman–Crippen MR) is 80.3 cm³/mol. The van der Waals surface area contributed by atoms with Crippen molar-refractivity contribution in [2.24, 2.45) is 5.41 Å². The molecule has 0 amide bonds. The van der Waals surface area contributed by atoms with Crippen molar-refractivity contribution in [2.75, 3.05) is 38.1 Å². The maximum Gasteiger partial charge on any atom is 0.159 e. The number of hydrogen-bond donors (Lipinski definition) is 1. The van der Waals surface area contributed by atoms with E-state index in [0.717, 1.165) is 29.8 Å². The van der Waals surface area contributed by atoms with Gasteiger partial charge < -0.3 is 9.80 Å². The molecule has 4 rings (SSSR count). The van der Waals surface area contributed by atoms with Gasteiger partial charge in [-0.25, -0.2) is 4.98 Å². The van der Waals surface area contributed by atoms with Crippen LogP contribution in [0.15, 0.2) is 12.3 Å². The highest BCUT2D eigenvalue weighted by Gasteiger charge is 2.43. The second-order valence-electron chi connectivity index (χ2n) is 6.26. The van der Waals surface area contributed by atoms with Gasteiger partial charge in [0.2, 0.25) is 0 Å². The molecule has 2 saturated heterocycles. The number of likely N-dealkylation sites (tertiary alicyclic amines) is 1. The molecule has 5 nitrogen and oxygen atoms in total. The first-order valence-corrected chi connectivity index (χ1v) is 7.46. The van der Waals surface area contributed by atoms with Crippen molar-refractivity contribution in [3.8, 4) is 0 Å². The second kappa shape index (κ2) is 4.33. The molecular weight excluding hydrogens is 274 g/mol. The number of aromatic nitrogens is 3. The van der Waals surface area contributed by atoms with E-state index < -0.39 is 0 Å². The summed E-state index contributed by atoms with van der Waals surface area (Å²) in [6.45, 7) is 4.60. The molecule has 1 spiro atoms. The molecule has 20 heavy (non-hydrogen) atoms. The lowest BCUT2D eigenvalue weighted by Crippen LogP contribution is -2.29. The van der Waals surface area contributed by atoms with Crippen LogP contribution in [0.4, 0.5) is 5.82 Å². The van der Waals surface area contributed by atoms with E-state index in [1.165, 1.54) is 25.9 Å². The highest BCUT2D eigenvalue weighted by atomic mass is 35.5. The van der Waals surface area contributed by atoms with Crippen LogP contribution in [-0.4, -0.2) is 53.3 Å². The van der Waals surface area contributed by atoms with Crippen LogP contribution in [0.1, 0.15) is 12.8 Å². The minimum atomic E-state index is 0.458. The van der Waals surface area contributed by atoms with Crippen molar-refractivity contribution in [1.29, 1.82) is 0 Å². The van der Waals surface area contributed by atoms with E-state index in [2.05, 4.69) is 32.0 Å². The zero-order valence-corrected chi connectivity index (χ0v) is 12.3. The van der Waals surface area contributed by atoms with E-state index in [1.807, 2.05) is 12.3 Å². The van der Waals surface area contributed by atoms with E-state index in [-0.39, 0.29) is 0 Å². The largest absolute Gasteiger partial charge is 0.354 e. The monoisotopic (exact) mass is 291 g/mol. The summed E-state index contributed by atoms with van der Waals surface area (Å²) in [5.41, 5.74) is 1.42. The number of nitrogens with one attached hydrogen (secondary N) is 1. The Morgan fingerprint density at radius 3 is 2.95 bits per heavy atom. The summed E-state index contributed by atoms with van der Waals surface area (Å²) >= 11 is 5.92. The number of fused-ring (bicyclic) bond motifs is 1. The highest BCUT2D eigenvalue weighted by molar-refractivity contribution is 6.30. The molecule has 0 bridgehead atoms. The number of nitrogens with zero attached hydrogens (tertiary/aromatic N) is 4. The SMILES string of the molecule is CN1CCC2(CCN(c3n[nH]c4cc(Cl)ncc34)C2)C1. The third-order valence-corrected chi connectivity index (χ3v) is 4.97. The van der Waals surface area contributed by atoms with Gasteiger partial charge >= 0.3 is 0 Å². The molecule has 0 radical (unpaired) electrons. The van der Waals surface area contributed by atoms with Crippen molar-refractivity contribution in [2.45, 2.75) is 12.8 Å². The van der Waals surface area contributed by atoms with Gasteiger partial charge in [-0.05, 0) is 26.4 Å². The van der Waals surface area contributed by atoms with Gasteiger partial charge in [0, 0.05) is 37.3 Å². The molecule has 2 aromatic heterocycles.